The van der Waals surface area contributed by atoms with Crippen LogP contribution in [0.25, 0.3) is 5.57 Å². The molecule has 0 radical (unpaired) electrons. The second-order valence-electron chi connectivity index (χ2n) is 8.17. The Morgan fingerprint density at radius 2 is 1.86 bits per heavy atom. The first-order valence-corrected chi connectivity index (χ1v) is 11.6. The summed E-state index contributed by atoms with van der Waals surface area (Å²) in [6.45, 7) is 17.3. The number of hydrogen-bond acceptors (Lipinski definition) is 1. The van der Waals surface area contributed by atoms with E-state index in [1.165, 1.54) is 61.6 Å². The van der Waals surface area contributed by atoms with Crippen molar-refractivity contribution in [1.29, 1.82) is 0 Å². The molecule has 0 heterocycles. The molecule has 1 aliphatic carbocycles. The molecule has 1 aliphatic rings. The molecule has 0 saturated heterocycles. The van der Waals surface area contributed by atoms with E-state index in [9.17, 15) is 0 Å². The van der Waals surface area contributed by atoms with Crippen LogP contribution in [0.15, 0.2) is 44.0 Å². The van der Waals surface area contributed by atoms with E-state index in [1.807, 2.05) is 0 Å². The summed E-state index contributed by atoms with van der Waals surface area (Å²) in [6.07, 6.45) is 17.0. The highest BCUT2D eigenvalue weighted by Crippen LogP contribution is 2.41. The topological polar surface area (TPSA) is 12.0 Å². The Kier molecular flexibility index (Phi) is 13.2. The molecule has 1 heteroatoms. The van der Waals surface area contributed by atoms with Crippen LogP contribution in [0, 0.1) is 30.1 Å². The van der Waals surface area contributed by atoms with Gasteiger partial charge in [0.1, 0.15) is 0 Å². The molecule has 1 nitrogen and oxygen atoms in total. The number of hydrogen-bond donors (Lipinski definition) is 1. The summed E-state index contributed by atoms with van der Waals surface area (Å²) in [5.74, 6) is 4.73. The first kappa shape index (κ1) is 25.3. The molecule has 0 aliphatic heterocycles. The van der Waals surface area contributed by atoms with Gasteiger partial charge in [-0.2, -0.15) is 0 Å². The van der Waals surface area contributed by atoms with Crippen molar-refractivity contribution in [3.63, 3.8) is 0 Å². The van der Waals surface area contributed by atoms with Crippen LogP contribution in [0.2, 0.25) is 0 Å². The third-order valence-corrected chi connectivity index (χ3v) is 6.39. The Labute approximate surface area is 181 Å². The second kappa shape index (κ2) is 15.1. The Hall–Kier alpha value is -1.78. The van der Waals surface area contributed by atoms with Crippen molar-refractivity contribution >= 4 is 5.57 Å². The highest BCUT2D eigenvalue weighted by Gasteiger charge is 2.32. The predicted molar refractivity (Wildman–Crippen MR) is 131 cm³/mol. The van der Waals surface area contributed by atoms with Crippen LogP contribution in [-0.2, 0) is 6.42 Å². The highest BCUT2D eigenvalue weighted by molar-refractivity contribution is 5.68. The molecule has 1 N–H and O–H groups in total. The molecule has 2 atom stereocenters. The van der Waals surface area contributed by atoms with Gasteiger partial charge in [-0.15, -0.1) is 25.5 Å². The average molecular weight is 394 g/mol. The van der Waals surface area contributed by atoms with E-state index in [2.05, 4.69) is 69.1 Å². The molecule has 29 heavy (non-hydrogen) atoms. The van der Waals surface area contributed by atoms with E-state index in [1.54, 1.807) is 0 Å². The van der Waals surface area contributed by atoms with Crippen LogP contribution in [0.1, 0.15) is 76.3 Å². The number of terminal acetylenes is 1. The van der Waals surface area contributed by atoms with Crippen LogP contribution < -0.4 is 5.32 Å². The summed E-state index contributed by atoms with van der Waals surface area (Å²) in [4.78, 5) is 0. The van der Waals surface area contributed by atoms with Gasteiger partial charge < -0.3 is 5.32 Å². The van der Waals surface area contributed by atoms with Crippen molar-refractivity contribution in [3.8, 4) is 12.3 Å². The van der Waals surface area contributed by atoms with E-state index >= 15 is 0 Å². The van der Waals surface area contributed by atoms with Crippen molar-refractivity contribution < 1.29 is 0 Å². The van der Waals surface area contributed by atoms with Gasteiger partial charge in [0.2, 0.25) is 0 Å². The number of rotatable bonds is 11. The maximum Gasteiger partial charge on any atom is 0.0158 e. The first-order chi connectivity index (χ1) is 14.2. The van der Waals surface area contributed by atoms with E-state index in [0.29, 0.717) is 11.8 Å². The molecular formula is C28H43N. The highest BCUT2D eigenvalue weighted by atomic mass is 14.9. The average Bonchev–Trinajstić information content (AvgIpc) is 2.79. The third-order valence-electron chi connectivity index (χ3n) is 6.39. The monoisotopic (exact) mass is 393 g/mol. The lowest BCUT2D eigenvalue weighted by molar-refractivity contribution is 0.202. The Morgan fingerprint density at radius 1 is 1.17 bits per heavy atom. The van der Waals surface area contributed by atoms with Crippen LogP contribution in [0.4, 0.5) is 0 Å². The maximum atomic E-state index is 5.85. The quantitative estimate of drug-likeness (QED) is 0.236. The SMILES string of the molecule is C#CCC(C(=C)c1ccccc1CC)C(CNCCCC)C1CCCCC1.C=C. The van der Waals surface area contributed by atoms with E-state index in [-0.39, 0.29) is 0 Å². The van der Waals surface area contributed by atoms with Gasteiger partial charge >= 0.3 is 0 Å². The van der Waals surface area contributed by atoms with Gasteiger partial charge in [-0.3, -0.25) is 0 Å². The van der Waals surface area contributed by atoms with Crippen LogP contribution in [0.5, 0.6) is 0 Å². The largest absolute Gasteiger partial charge is 0.316 e. The zero-order chi connectivity index (χ0) is 21.5. The molecule has 160 valence electrons. The van der Waals surface area contributed by atoms with Gasteiger partial charge in [-0.1, -0.05) is 83.2 Å². The molecule has 1 aromatic rings. The van der Waals surface area contributed by atoms with E-state index in [0.717, 1.165) is 31.8 Å². The van der Waals surface area contributed by atoms with Gasteiger partial charge in [-0.25, -0.2) is 0 Å². The van der Waals surface area contributed by atoms with Crippen molar-refractivity contribution in [2.24, 2.45) is 17.8 Å². The van der Waals surface area contributed by atoms with E-state index in [4.69, 9.17) is 6.42 Å². The minimum absolute atomic E-state index is 0.375. The summed E-state index contributed by atoms with van der Waals surface area (Å²) >= 11 is 0. The van der Waals surface area contributed by atoms with Crippen molar-refractivity contribution in [3.05, 3.63) is 55.1 Å². The van der Waals surface area contributed by atoms with Crippen molar-refractivity contribution in [2.75, 3.05) is 13.1 Å². The number of benzene rings is 1. The molecule has 2 unspecified atom stereocenters. The molecule has 1 aromatic carbocycles. The summed E-state index contributed by atoms with van der Waals surface area (Å²) in [5, 5.41) is 3.75. The zero-order valence-corrected chi connectivity index (χ0v) is 19.0. The van der Waals surface area contributed by atoms with Gasteiger partial charge in [0.15, 0.2) is 0 Å². The normalized spacial score (nSPS) is 16.2. The fourth-order valence-electron chi connectivity index (χ4n) is 4.77. The minimum Gasteiger partial charge on any atom is -0.316 e. The summed E-state index contributed by atoms with van der Waals surface area (Å²) in [7, 11) is 0. The second-order valence-corrected chi connectivity index (χ2v) is 8.17. The summed E-state index contributed by atoms with van der Waals surface area (Å²) in [6, 6.07) is 8.76. The van der Waals surface area contributed by atoms with Gasteiger partial charge in [0.05, 0.1) is 0 Å². The smallest absolute Gasteiger partial charge is 0.0158 e. The first-order valence-electron chi connectivity index (χ1n) is 11.6. The Bertz CT molecular complexity index is 617. The summed E-state index contributed by atoms with van der Waals surface area (Å²) in [5.41, 5.74) is 3.98. The lowest BCUT2D eigenvalue weighted by Gasteiger charge is -2.37. The third kappa shape index (κ3) is 7.87. The number of nitrogens with one attached hydrogen (secondary N) is 1. The lowest BCUT2D eigenvalue weighted by atomic mass is 9.69. The number of unbranched alkanes of at least 4 members (excludes halogenated alkanes) is 1. The van der Waals surface area contributed by atoms with Gasteiger partial charge in [0, 0.05) is 6.42 Å². The van der Waals surface area contributed by atoms with Crippen molar-refractivity contribution in [1.82, 2.24) is 5.32 Å². The lowest BCUT2D eigenvalue weighted by Crippen LogP contribution is -2.35. The maximum absolute atomic E-state index is 5.85. The Morgan fingerprint density at radius 3 is 2.48 bits per heavy atom. The standard InChI is InChI=1S/C26H39N.C2H4/c1-5-8-19-27-20-26(23-16-10-9-11-17-23)25(14-6-2)21(4)24-18-13-12-15-22(24)7-3;1-2/h2,12-13,15,18,23,25-27H,4-5,7-11,14,16-17,19-20H2,1,3H3;1-2H2. The molecule has 1 saturated carbocycles. The molecule has 2 rings (SSSR count). The summed E-state index contributed by atoms with van der Waals surface area (Å²) < 4.78 is 0. The fraction of sp³-hybridized carbons (Fsp3) is 0.571. The number of aryl methyl sites for hydroxylation is 1. The minimum atomic E-state index is 0.375. The molecule has 0 aromatic heterocycles. The fourth-order valence-corrected chi connectivity index (χ4v) is 4.77. The molecular weight excluding hydrogens is 350 g/mol. The van der Waals surface area contributed by atoms with Gasteiger partial charge in [-0.05, 0) is 60.4 Å². The molecule has 1 fully saturated rings. The predicted octanol–water partition coefficient (Wildman–Crippen LogP) is 7.29. The Balaban J connectivity index is 0.00000204. The van der Waals surface area contributed by atoms with Crippen LogP contribution >= 0.6 is 0 Å². The zero-order valence-electron chi connectivity index (χ0n) is 19.0. The van der Waals surface area contributed by atoms with Crippen molar-refractivity contribution in [2.45, 2.75) is 71.6 Å². The van der Waals surface area contributed by atoms with Crippen LogP contribution in [0.3, 0.4) is 0 Å². The van der Waals surface area contributed by atoms with Crippen LogP contribution in [-0.4, -0.2) is 13.1 Å². The molecule has 0 bridgehead atoms. The van der Waals surface area contributed by atoms with E-state index < -0.39 is 0 Å². The molecule has 0 spiro atoms. The molecule has 0 amide bonds. The number of allylic oxidation sites excluding steroid dienone is 1. The van der Waals surface area contributed by atoms with Gasteiger partial charge in [0.25, 0.3) is 0 Å².